The first-order valence-electron chi connectivity index (χ1n) is 8.75. The largest absolute Gasteiger partial charge is 0.508 e. The number of benzene rings is 1. The van der Waals surface area contributed by atoms with E-state index in [9.17, 15) is 33.0 Å². The Morgan fingerprint density at radius 3 is 2.26 bits per heavy atom. The summed E-state index contributed by atoms with van der Waals surface area (Å²) in [6.45, 7) is 0. The Hall–Kier alpha value is -2.51. The summed E-state index contributed by atoms with van der Waals surface area (Å²) in [5.41, 5.74) is -0.363. The molecule has 0 bridgehead atoms. The minimum Gasteiger partial charge on any atom is -0.508 e. The number of allylic oxidation sites excluding steroid dienone is 2. The highest BCUT2D eigenvalue weighted by Gasteiger charge is 2.56. The lowest BCUT2D eigenvalue weighted by Gasteiger charge is -2.44. The van der Waals surface area contributed by atoms with Crippen molar-refractivity contribution in [2.75, 3.05) is 0 Å². The minimum absolute atomic E-state index is 0.0135. The number of aromatic hydroxyl groups is 1. The molecule has 1 spiro atoms. The Labute approximate surface area is 153 Å². The van der Waals surface area contributed by atoms with Crippen LogP contribution in [0, 0.1) is 5.41 Å². The number of aliphatic carboxylic acids is 1. The van der Waals surface area contributed by atoms with Crippen LogP contribution in [-0.2, 0) is 16.0 Å². The molecular formula is C19H20F3NO4. The molecule has 0 aliphatic heterocycles. The molecule has 1 saturated carbocycles. The maximum atomic E-state index is 13.1. The quantitative estimate of drug-likeness (QED) is 0.702. The number of phenols is 1. The fourth-order valence-electron chi connectivity index (χ4n) is 4.13. The van der Waals surface area contributed by atoms with Crippen LogP contribution < -0.4 is 5.32 Å². The van der Waals surface area contributed by atoms with E-state index in [-0.39, 0.29) is 29.9 Å². The number of phenolic OH excluding ortho intramolecular Hbond substituents is 1. The molecule has 1 unspecified atom stereocenters. The van der Waals surface area contributed by atoms with Gasteiger partial charge in [0.15, 0.2) is 0 Å². The van der Waals surface area contributed by atoms with Gasteiger partial charge in [0.05, 0.1) is 0 Å². The highest BCUT2D eigenvalue weighted by atomic mass is 19.4. The third-order valence-electron chi connectivity index (χ3n) is 5.42. The number of ketones is 1. The molecule has 146 valence electrons. The number of hydrogen-bond acceptors (Lipinski definition) is 4. The fourth-order valence-corrected chi connectivity index (χ4v) is 4.13. The summed E-state index contributed by atoms with van der Waals surface area (Å²) in [5.74, 6) is -3.06. The molecule has 5 nitrogen and oxygen atoms in total. The Kier molecular flexibility index (Phi) is 4.92. The molecule has 1 aromatic carbocycles. The summed E-state index contributed by atoms with van der Waals surface area (Å²) in [7, 11) is 0. The number of carbonyl (C=O) groups is 2. The minimum atomic E-state index is -4.98. The second kappa shape index (κ2) is 6.90. The number of hydrogen-bond donors (Lipinski definition) is 3. The predicted molar refractivity (Wildman–Crippen MR) is 90.0 cm³/mol. The van der Waals surface area contributed by atoms with E-state index in [1.54, 1.807) is 12.1 Å². The second-order valence-corrected chi connectivity index (χ2v) is 7.25. The van der Waals surface area contributed by atoms with Crippen molar-refractivity contribution in [3.8, 4) is 5.75 Å². The first kappa shape index (κ1) is 19.3. The molecule has 2 aliphatic rings. The molecule has 8 heteroatoms. The second-order valence-electron chi connectivity index (χ2n) is 7.25. The molecule has 0 heterocycles. The van der Waals surface area contributed by atoms with Gasteiger partial charge in [-0.1, -0.05) is 25.0 Å². The lowest BCUT2D eigenvalue weighted by Crippen LogP contribution is -2.48. The van der Waals surface area contributed by atoms with Gasteiger partial charge in [-0.2, -0.15) is 13.2 Å². The number of carboxylic acids is 1. The van der Waals surface area contributed by atoms with E-state index in [0.29, 0.717) is 18.4 Å². The van der Waals surface area contributed by atoms with E-state index >= 15 is 0 Å². The molecule has 0 aromatic heterocycles. The SMILES string of the molecule is O=C(O)C(Cc1ccc(O)cc1)NC1=C(C(=O)C(F)(F)F)C2(CCCC2)C1. The van der Waals surface area contributed by atoms with Crippen molar-refractivity contribution >= 4 is 11.8 Å². The van der Waals surface area contributed by atoms with Crippen molar-refractivity contribution in [1.29, 1.82) is 0 Å². The van der Waals surface area contributed by atoms with Gasteiger partial charge in [0.25, 0.3) is 5.78 Å². The number of Topliss-reactive ketones (excluding diaryl/α,β-unsaturated/α-hetero) is 1. The molecule has 2 aliphatic carbocycles. The maximum absolute atomic E-state index is 13.1. The molecular weight excluding hydrogens is 363 g/mol. The van der Waals surface area contributed by atoms with Gasteiger partial charge in [-0.25, -0.2) is 4.79 Å². The molecule has 1 aromatic rings. The van der Waals surface area contributed by atoms with Crippen LogP contribution in [0.25, 0.3) is 0 Å². The number of carbonyl (C=O) groups excluding carboxylic acids is 1. The molecule has 0 amide bonds. The van der Waals surface area contributed by atoms with E-state index in [2.05, 4.69) is 5.32 Å². The van der Waals surface area contributed by atoms with E-state index < -0.39 is 29.4 Å². The Balaban J connectivity index is 1.86. The monoisotopic (exact) mass is 383 g/mol. The van der Waals surface area contributed by atoms with Gasteiger partial charge in [0, 0.05) is 23.1 Å². The van der Waals surface area contributed by atoms with E-state index in [4.69, 9.17) is 0 Å². The van der Waals surface area contributed by atoms with Gasteiger partial charge in [-0.3, -0.25) is 4.79 Å². The highest BCUT2D eigenvalue weighted by Crippen LogP contribution is 2.57. The van der Waals surface area contributed by atoms with Gasteiger partial charge in [-0.15, -0.1) is 0 Å². The van der Waals surface area contributed by atoms with E-state index in [0.717, 1.165) is 12.8 Å². The van der Waals surface area contributed by atoms with Gasteiger partial charge in [0.2, 0.25) is 0 Å². The lowest BCUT2D eigenvalue weighted by atomic mass is 9.63. The summed E-state index contributed by atoms with van der Waals surface area (Å²) in [6.07, 6.45) is -2.14. The van der Waals surface area contributed by atoms with Gasteiger partial charge < -0.3 is 15.5 Å². The first-order chi connectivity index (χ1) is 12.6. The van der Waals surface area contributed by atoms with Crippen LogP contribution >= 0.6 is 0 Å². The van der Waals surface area contributed by atoms with Gasteiger partial charge in [0.1, 0.15) is 11.8 Å². The summed E-state index contributed by atoms with van der Waals surface area (Å²) in [4.78, 5) is 23.6. The van der Waals surface area contributed by atoms with Crippen LogP contribution in [0.4, 0.5) is 13.2 Å². The van der Waals surface area contributed by atoms with Gasteiger partial charge in [-0.05, 0) is 37.0 Å². The molecule has 1 fully saturated rings. The van der Waals surface area contributed by atoms with Crippen molar-refractivity contribution in [2.45, 2.75) is 50.7 Å². The standard InChI is InChI=1S/C19H20F3NO4/c20-19(21,22)16(25)15-14(10-18(15)7-1-2-8-18)23-13(17(26)27)9-11-3-5-12(24)6-4-11/h3-6,13,23-24H,1-2,7-10H2,(H,26,27). The average molecular weight is 383 g/mol. The van der Waals surface area contributed by atoms with E-state index in [1.165, 1.54) is 12.1 Å². The van der Waals surface area contributed by atoms with Crippen LogP contribution in [0.2, 0.25) is 0 Å². The molecule has 3 rings (SSSR count). The number of carboxylic acid groups (broad SMARTS) is 1. The zero-order chi connectivity index (χ0) is 19.8. The predicted octanol–water partition coefficient (Wildman–Crippen LogP) is 3.33. The summed E-state index contributed by atoms with van der Waals surface area (Å²) in [6, 6.07) is 4.73. The van der Waals surface area contributed by atoms with Crippen molar-refractivity contribution in [1.82, 2.24) is 5.32 Å². The Bertz CT molecular complexity index is 777. The first-order valence-corrected chi connectivity index (χ1v) is 8.75. The number of alkyl halides is 3. The van der Waals surface area contributed by atoms with Crippen LogP contribution in [0.3, 0.4) is 0 Å². The van der Waals surface area contributed by atoms with E-state index in [1.807, 2.05) is 0 Å². The maximum Gasteiger partial charge on any atom is 0.454 e. The van der Waals surface area contributed by atoms with Crippen LogP contribution in [-0.4, -0.2) is 34.2 Å². The van der Waals surface area contributed by atoms with Crippen LogP contribution in [0.1, 0.15) is 37.7 Å². The number of rotatable bonds is 6. The highest BCUT2D eigenvalue weighted by molar-refractivity contribution is 6.03. The molecule has 1 atom stereocenters. The Morgan fingerprint density at radius 1 is 1.15 bits per heavy atom. The summed E-state index contributed by atoms with van der Waals surface area (Å²) < 4.78 is 39.2. The average Bonchev–Trinajstić information content (AvgIpc) is 3.05. The third-order valence-corrected chi connectivity index (χ3v) is 5.42. The fraction of sp³-hybridized carbons (Fsp3) is 0.474. The lowest BCUT2D eigenvalue weighted by molar-refractivity contribution is -0.168. The third kappa shape index (κ3) is 3.79. The molecule has 27 heavy (non-hydrogen) atoms. The van der Waals surface area contributed by atoms with Crippen LogP contribution in [0.15, 0.2) is 35.5 Å². The normalized spacial score (nSPS) is 19.7. The van der Waals surface area contributed by atoms with Crippen molar-refractivity contribution < 1.29 is 33.0 Å². The zero-order valence-corrected chi connectivity index (χ0v) is 14.5. The van der Waals surface area contributed by atoms with Crippen molar-refractivity contribution in [3.63, 3.8) is 0 Å². The number of halogens is 3. The van der Waals surface area contributed by atoms with Crippen molar-refractivity contribution in [2.24, 2.45) is 5.41 Å². The zero-order valence-electron chi connectivity index (χ0n) is 14.5. The number of nitrogens with one attached hydrogen (secondary N) is 1. The summed E-state index contributed by atoms with van der Waals surface area (Å²) >= 11 is 0. The topological polar surface area (TPSA) is 86.6 Å². The Morgan fingerprint density at radius 2 is 1.74 bits per heavy atom. The van der Waals surface area contributed by atoms with Gasteiger partial charge >= 0.3 is 12.1 Å². The molecule has 0 saturated heterocycles. The smallest absolute Gasteiger partial charge is 0.454 e. The van der Waals surface area contributed by atoms with Crippen LogP contribution in [0.5, 0.6) is 5.75 Å². The molecule has 0 radical (unpaired) electrons. The summed E-state index contributed by atoms with van der Waals surface area (Å²) in [5, 5.41) is 21.4. The molecule has 3 N–H and O–H groups in total. The van der Waals surface area contributed by atoms with Crippen molar-refractivity contribution in [3.05, 3.63) is 41.1 Å².